The van der Waals surface area contributed by atoms with Gasteiger partial charge in [0.25, 0.3) is 0 Å². The number of benzene rings is 1. The summed E-state index contributed by atoms with van der Waals surface area (Å²) < 4.78 is 0. The fourth-order valence-corrected chi connectivity index (χ4v) is 1.24. The van der Waals surface area contributed by atoms with Gasteiger partial charge in [-0.1, -0.05) is 30.8 Å². The average Bonchev–Trinajstić information content (AvgIpc) is 1.86. The van der Waals surface area contributed by atoms with Gasteiger partial charge in [-0.3, -0.25) is 0 Å². The Hall–Kier alpha value is -1.04. The molecule has 0 saturated heterocycles. The highest BCUT2D eigenvalue weighted by molar-refractivity contribution is 5.77. The standard InChI is InChI=1S/C9H8/c1-7-6-8-4-2-3-5-9(7)8/h2-5H,1,6H2. The van der Waals surface area contributed by atoms with E-state index >= 15 is 0 Å². The summed E-state index contributed by atoms with van der Waals surface area (Å²) in [6.07, 6.45) is 1.09. The minimum absolute atomic E-state index is 1.09. The van der Waals surface area contributed by atoms with Gasteiger partial charge in [0, 0.05) is 0 Å². The number of hydrogen-bond acceptors (Lipinski definition) is 0. The fourth-order valence-electron chi connectivity index (χ4n) is 1.24. The molecule has 0 heterocycles. The van der Waals surface area contributed by atoms with Gasteiger partial charge in [0.2, 0.25) is 0 Å². The van der Waals surface area contributed by atoms with Crippen molar-refractivity contribution < 1.29 is 0 Å². The van der Waals surface area contributed by atoms with E-state index < -0.39 is 0 Å². The second-order valence-electron chi connectivity index (χ2n) is 2.44. The van der Waals surface area contributed by atoms with E-state index in [1.807, 2.05) is 0 Å². The van der Waals surface area contributed by atoms with E-state index in [0.29, 0.717) is 0 Å². The normalized spacial score (nSPS) is 14.4. The van der Waals surface area contributed by atoms with Crippen molar-refractivity contribution in [3.8, 4) is 0 Å². The molecule has 1 aliphatic carbocycles. The summed E-state index contributed by atoms with van der Waals surface area (Å²) in [7, 11) is 0. The molecule has 0 aromatic heterocycles. The first kappa shape index (κ1) is 4.80. The summed E-state index contributed by atoms with van der Waals surface area (Å²) in [6.45, 7) is 3.90. The van der Waals surface area contributed by atoms with Gasteiger partial charge >= 0.3 is 0 Å². The van der Waals surface area contributed by atoms with E-state index in [9.17, 15) is 0 Å². The Morgan fingerprint density at radius 2 is 2.00 bits per heavy atom. The van der Waals surface area contributed by atoms with Crippen molar-refractivity contribution in [2.24, 2.45) is 0 Å². The number of allylic oxidation sites excluding steroid dienone is 1. The maximum Gasteiger partial charge on any atom is -0.00196 e. The van der Waals surface area contributed by atoms with E-state index in [1.54, 1.807) is 0 Å². The molecule has 1 aliphatic rings. The zero-order valence-electron chi connectivity index (χ0n) is 5.22. The molecule has 0 aliphatic heterocycles. The molecular weight excluding hydrogens is 108 g/mol. The Morgan fingerprint density at radius 3 is 2.56 bits per heavy atom. The lowest BCUT2D eigenvalue weighted by atomic mass is 9.84. The van der Waals surface area contributed by atoms with E-state index in [1.165, 1.54) is 16.7 Å². The first-order valence-electron chi connectivity index (χ1n) is 3.14. The van der Waals surface area contributed by atoms with Gasteiger partial charge in [0.1, 0.15) is 0 Å². The molecule has 0 bridgehead atoms. The fraction of sp³-hybridized carbons (Fsp3) is 0.111. The Balaban J connectivity index is 2.63. The van der Waals surface area contributed by atoms with Gasteiger partial charge in [0.05, 0.1) is 0 Å². The molecule has 0 amide bonds. The molecule has 0 nitrogen and oxygen atoms in total. The van der Waals surface area contributed by atoms with E-state index in [4.69, 9.17) is 0 Å². The van der Waals surface area contributed by atoms with E-state index in [-0.39, 0.29) is 0 Å². The summed E-state index contributed by atoms with van der Waals surface area (Å²) in [5, 5.41) is 0. The maximum atomic E-state index is 3.90. The van der Waals surface area contributed by atoms with Crippen molar-refractivity contribution in [3.63, 3.8) is 0 Å². The van der Waals surface area contributed by atoms with Crippen LogP contribution in [0.1, 0.15) is 11.1 Å². The van der Waals surface area contributed by atoms with Crippen LogP contribution in [0, 0.1) is 0 Å². The molecule has 0 spiro atoms. The van der Waals surface area contributed by atoms with Crippen molar-refractivity contribution in [2.75, 3.05) is 0 Å². The minimum atomic E-state index is 1.09. The predicted octanol–water partition coefficient (Wildman–Crippen LogP) is 2.26. The van der Waals surface area contributed by atoms with Crippen molar-refractivity contribution >= 4 is 5.57 Å². The van der Waals surface area contributed by atoms with Gasteiger partial charge < -0.3 is 0 Å². The first-order chi connectivity index (χ1) is 4.38. The van der Waals surface area contributed by atoms with Crippen molar-refractivity contribution in [2.45, 2.75) is 6.42 Å². The van der Waals surface area contributed by atoms with Crippen LogP contribution in [0.15, 0.2) is 30.8 Å². The zero-order chi connectivity index (χ0) is 6.27. The first-order valence-corrected chi connectivity index (χ1v) is 3.14. The summed E-state index contributed by atoms with van der Waals surface area (Å²) in [5.41, 5.74) is 4.09. The van der Waals surface area contributed by atoms with Crippen molar-refractivity contribution in [1.82, 2.24) is 0 Å². The highest BCUT2D eigenvalue weighted by atomic mass is 14.2. The lowest BCUT2D eigenvalue weighted by molar-refractivity contribution is 1.17. The van der Waals surface area contributed by atoms with Crippen molar-refractivity contribution in [3.05, 3.63) is 42.0 Å². The van der Waals surface area contributed by atoms with Crippen LogP contribution >= 0.6 is 0 Å². The number of fused-ring (bicyclic) bond motifs is 1. The predicted molar refractivity (Wildman–Crippen MR) is 39.2 cm³/mol. The third-order valence-electron chi connectivity index (χ3n) is 1.80. The lowest BCUT2D eigenvalue weighted by Gasteiger charge is -2.20. The molecule has 44 valence electrons. The highest BCUT2D eigenvalue weighted by Gasteiger charge is 2.14. The summed E-state index contributed by atoms with van der Waals surface area (Å²) in [4.78, 5) is 0. The Bertz CT molecular complexity index is 258. The van der Waals surface area contributed by atoms with Crippen LogP contribution in [-0.4, -0.2) is 0 Å². The van der Waals surface area contributed by atoms with E-state index in [2.05, 4.69) is 30.8 Å². The van der Waals surface area contributed by atoms with Crippen LogP contribution in [0.2, 0.25) is 0 Å². The molecule has 0 fully saturated rings. The van der Waals surface area contributed by atoms with Crippen molar-refractivity contribution in [1.29, 1.82) is 0 Å². The molecule has 0 atom stereocenters. The Morgan fingerprint density at radius 1 is 1.22 bits per heavy atom. The Kier molecular flexibility index (Phi) is 0.786. The second-order valence-corrected chi connectivity index (χ2v) is 2.44. The molecule has 2 rings (SSSR count). The molecule has 1 aromatic carbocycles. The Labute approximate surface area is 54.8 Å². The van der Waals surface area contributed by atoms with Crippen LogP contribution in [0.5, 0.6) is 0 Å². The minimum Gasteiger partial charge on any atom is -0.0949 e. The third-order valence-corrected chi connectivity index (χ3v) is 1.80. The second kappa shape index (κ2) is 1.47. The third kappa shape index (κ3) is 0.531. The topological polar surface area (TPSA) is 0 Å². The van der Waals surface area contributed by atoms with Crippen LogP contribution in [0.3, 0.4) is 0 Å². The molecule has 0 N–H and O–H groups in total. The molecular formula is C9H8. The smallest absolute Gasteiger partial charge is 0.00196 e. The lowest BCUT2D eigenvalue weighted by Crippen LogP contribution is -2.04. The molecule has 1 aromatic rings. The summed E-state index contributed by atoms with van der Waals surface area (Å²) in [5.74, 6) is 0. The summed E-state index contributed by atoms with van der Waals surface area (Å²) in [6, 6.07) is 8.42. The molecule has 0 radical (unpaired) electrons. The molecule has 0 heteroatoms. The van der Waals surface area contributed by atoms with Crippen LogP contribution in [0.4, 0.5) is 0 Å². The van der Waals surface area contributed by atoms with Gasteiger partial charge in [-0.15, -0.1) is 0 Å². The quantitative estimate of drug-likeness (QED) is 0.487. The van der Waals surface area contributed by atoms with Crippen LogP contribution in [-0.2, 0) is 6.42 Å². The zero-order valence-corrected chi connectivity index (χ0v) is 5.22. The molecule has 0 saturated carbocycles. The van der Waals surface area contributed by atoms with Gasteiger partial charge in [0.15, 0.2) is 0 Å². The van der Waals surface area contributed by atoms with Gasteiger partial charge in [-0.05, 0) is 23.1 Å². The number of hydrogen-bond donors (Lipinski definition) is 0. The van der Waals surface area contributed by atoms with Gasteiger partial charge in [-0.25, -0.2) is 0 Å². The highest BCUT2D eigenvalue weighted by Crippen LogP contribution is 2.31. The van der Waals surface area contributed by atoms with Gasteiger partial charge in [-0.2, -0.15) is 0 Å². The number of rotatable bonds is 0. The van der Waals surface area contributed by atoms with Crippen LogP contribution < -0.4 is 0 Å². The monoisotopic (exact) mass is 116 g/mol. The average molecular weight is 116 g/mol. The van der Waals surface area contributed by atoms with E-state index in [0.717, 1.165) is 6.42 Å². The summed E-state index contributed by atoms with van der Waals surface area (Å²) >= 11 is 0. The maximum absolute atomic E-state index is 3.90. The molecule has 9 heavy (non-hydrogen) atoms. The molecule has 0 unspecified atom stereocenters. The SMILES string of the molecule is C=C1Cc2ccccc21. The largest absolute Gasteiger partial charge is 0.0949 e. The van der Waals surface area contributed by atoms with Crippen LogP contribution in [0.25, 0.3) is 5.57 Å².